The van der Waals surface area contributed by atoms with E-state index in [1.165, 1.54) is 0 Å². The molecule has 2 rings (SSSR count). The first-order chi connectivity index (χ1) is 9.49. The zero-order valence-corrected chi connectivity index (χ0v) is 13.8. The standard InChI is InChI=1S/C15H12BrCl2NO/c1-2-9-5-11(16)3-4-14(9)19-15(20)10-6-12(17)8-13(18)7-10/h3-8H,2H2,1H3,(H,19,20). The number of aryl methyl sites for hydroxylation is 1. The summed E-state index contributed by atoms with van der Waals surface area (Å²) in [6.45, 7) is 2.04. The Kier molecular flexibility index (Phi) is 5.08. The number of halogens is 3. The molecule has 0 saturated heterocycles. The van der Waals surface area contributed by atoms with Gasteiger partial charge in [0.25, 0.3) is 5.91 Å². The number of amides is 1. The third-order valence-corrected chi connectivity index (χ3v) is 3.75. The Morgan fingerprint density at radius 2 is 1.80 bits per heavy atom. The maximum atomic E-state index is 12.2. The van der Waals surface area contributed by atoms with Gasteiger partial charge in [-0.25, -0.2) is 0 Å². The molecule has 1 N–H and O–H groups in total. The predicted octanol–water partition coefficient (Wildman–Crippen LogP) is 5.57. The maximum Gasteiger partial charge on any atom is 0.255 e. The molecular formula is C15H12BrCl2NO. The maximum absolute atomic E-state index is 12.2. The van der Waals surface area contributed by atoms with Crippen molar-refractivity contribution in [1.82, 2.24) is 0 Å². The number of hydrogen-bond acceptors (Lipinski definition) is 1. The van der Waals surface area contributed by atoms with Crippen LogP contribution in [0.25, 0.3) is 0 Å². The van der Waals surface area contributed by atoms with Crippen LogP contribution in [0, 0.1) is 0 Å². The molecule has 0 atom stereocenters. The van der Waals surface area contributed by atoms with Gasteiger partial charge in [-0.1, -0.05) is 46.1 Å². The molecule has 0 aliphatic heterocycles. The van der Waals surface area contributed by atoms with Crippen molar-refractivity contribution in [2.45, 2.75) is 13.3 Å². The van der Waals surface area contributed by atoms with E-state index in [0.717, 1.165) is 22.1 Å². The fraction of sp³-hybridized carbons (Fsp3) is 0.133. The summed E-state index contributed by atoms with van der Waals surface area (Å²) in [6, 6.07) is 10.5. The lowest BCUT2D eigenvalue weighted by Gasteiger charge is -2.11. The van der Waals surface area contributed by atoms with Crippen LogP contribution in [0.1, 0.15) is 22.8 Å². The van der Waals surface area contributed by atoms with E-state index in [0.29, 0.717) is 15.6 Å². The Bertz CT molecular complexity index is 638. The van der Waals surface area contributed by atoms with Crippen LogP contribution in [0.3, 0.4) is 0 Å². The molecule has 104 valence electrons. The number of hydrogen-bond donors (Lipinski definition) is 1. The SMILES string of the molecule is CCc1cc(Br)ccc1NC(=O)c1cc(Cl)cc(Cl)c1. The second-order valence-corrected chi connectivity index (χ2v) is 6.06. The topological polar surface area (TPSA) is 29.1 Å². The highest BCUT2D eigenvalue weighted by Gasteiger charge is 2.10. The van der Waals surface area contributed by atoms with Crippen LogP contribution in [0.15, 0.2) is 40.9 Å². The quantitative estimate of drug-likeness (QED) is 0.749. The van der Waals surface area contributed by atoms with Crippen LogP contribution >= 0.6 is 39.1 Å². The zero-order valence-electron chi connectivity index (χ0n) is 10.7. The van der Waals surface area contributed by atoms with Gasteiger partial charge in [0, 0.05) is 25.8 Å². The van der Waals surface area contributed by atoms with Crippen LogP contribution in [-0.2, 0) is 6.42 Å². The number of benzene rings is 2. The first-order valence-electron chi connectivity index (χ1n) is 6.05. The smallest absolute Gasteiger partial charge is 0.255 e. The van der Waals surface area contributed by atoms with Crippen molar-refractivity contribution in [3.8, 4) is 0 Å². The van der Waals surface area contributed by atoms with E-state index in [4.69, 9.17) is 23.2 Å². The van der Waals surface area contributed by atoms with Crippen LogP contribution in [0.4, 0.5) is 5.69 Å². The molecule has 2 aromatic carbocycles. The number of anilines is 1. The van der Waals surface area contributed by atoms with Crippen molar-refractivity contribution >= 4 is 50.7 Å². The van der Waals surface area contributed by atoms with Gasteiger partial charge in [-0.05, 0) is 48.4 Å². The van der Waals surface area contributed by atoms with Crippen molar-refractivity contribution in [3.05, 3.63) is 62.0 Å². The van der Waals surface area contributed by atoms with Gasteiger partial charge in [-0.2, -0.15) is 0 Å². The molecule has 1 amide bonds. The Hall–Kier alpha value is -1.03. The average Bonchev–Trinajstić information content (AvgIpc) is 2.39. The largest absolute Gasteiger partial charge is 0.322 e. The Morgan fingerprint density at radius 1 is 1.15 bits per heavy atom. The van der Waals surface area contributed by atoms with Gasteiger partial charge in [0.1, 0.15) is 0 Å². The lowest BCUT2D eigenvalue weighted by molar-refractivity contribution is 0.102. The number of carbonyl (C=O) groups excluding carboxylic acids is 1. The summed E-state index contributed by atoms with van der Waals surface area (Å²) in [7, 11) is 0. The molecule has 0 bridgehead atoms. The van der Waals surface area contributed by atoms with Crippen molar-refractivity contribution < 1.29 is 4.79 Å². The molecule has 0 heterocycles. The minimum Gasteiger partial charge on any atom is -0.322 e. The summed E-state index contributed by atoms with van der Waals surface area (Å²) in [4.78, 5) is 12.2. The molecule has 2 aromatic rings. The lowest BCUT2D eigenvalue weighted by atomic mass is 10.1. The summed E-state index contributed by atoms with van der Waals surface area (Å²) in [5.74, 6) is -0.230. The van der Waals surface area contributed by atoms with Crippen molar-refractivity contribution in [2.75, 3.05) is 5.32 Å². The van der Waals surface area contributed by atoms with Crippen molar-refractivity contribution in [1.29, 1.82) is 0 Å². The summed E-state index contributed by atoms with van der Waals surface area (Å²) >= 11 is 15.2. The highest BCUT2D eigenvalue weighted by Crippen LogP contribution is 2.24. The summed E-state index contributed by atoms with van der Waals surface area (Å²) < 4.78 is 0.984. The van der Waals surface area contributed by atoms with Gasteiger partial charge in [0.2, 0.25) is 0 Å². The fourth-order valence-electron chi connectivity index (χ4n) is 1.86. The van der Waals surface area contributed by atoms with Crippen LogP contribution in [0.2, 0.25) is 10.0 Å². The number of nitrogens with one attached hydrogen (secondary N) is 1. The zero-order chi connectivity index (χ0) is 14.7. The Morgan fingerprint density at radius 3 is 2.40 bits per heavy atom. The lowest BCUT2D eigenvalue weighted by Crippen LogP contribution is -2.13. The van der Waals surface area contributed by atoms with E-state index >= 15 is 0 Å². The van der Waals surface area contributed by atoms with Gasteiger partial charge in [0.15, 0.2) is 0 Å². The minimum absolute atomic E-state index is 0.230. The van der Waals surface area contributed by atoms with Crippen LogP contribution in [-0.4, -0.2) is 5.91 Å². The molecule has 0 aliphatic carbocycles. The molecular weight excluding hydrogens is 361 g/mol. The molecule has 0 aliphatic rings. The molecule has 0 spiro atoms. The normalized spacial score (nSPS) is 10.4. The molecule has 0 saturated carbocycles. The molecule has 0 aromatic heterocycles. The van der Waals surface area contributed by atoms with Gasteiger partial charge < -0.3 is 5.32 Å². The van der Waals surface area contributed by atoms with Gasteiger partial charge in [0.05, 0.1) is 0 Å². The number of rotatable bonds is 3. The number of carbonyl (C=O) groups is 1. The highest BCUT2D eigenvalue weighted by atomic mass is 79.9. The first kappa shape index (κ1) is 15.4. The van der Waals surface area contributed by atoms with Gasteiger partial charge in [-0.15, -0.1) is 0 Å². The molecule has 5 heteroatoms. The highest BCUT2D eigenvalue weighted by molar-refractivity contribution is 9.10. The van der Waals surface area contributed by atoms with E-state index in [2.05, 4.69) is 21.2 Å². The minimum atomic E-state index is -0.230. The molecule has 0 unspecified atom stereocenters. The third kappa shape index (κ3) is 3.75. The molecule has 0 fully saturated rings. The average molecular weight is 373 g/mol. The van der Waals surface area contributed by atoms with E-state index in [1.54, 1.807) is 18.2 Å². The summed E-state index contributed by atoms with van der Waals surface area (Å²) in [6.07, 6.45) is 0.825. The molecule has 0 radical (unpaired) electrons. The summed E-state index contributed by atoms with van der Waals surface area (Å²) in [5, 5.41) is 3.76. The van der Waals surface area contributed by atoms with Crippen LogP contribution < -0.4 is 5.32 Å². The Labute approximate surface area is 136 Å². The van der Waals surface area contributed by atoms with E-state index in [1.807, 2.05) is 25.1 Å². The van der Waals surface area contributed by atoms with Gasteiger partial charge in [-0.3, -0.25) is 4.79 Å². The first-order valence-corrected chi connectivity index (χ1v) is 7.60. The van der Waals surface area contributed by atoms with E-state index in [-0.39, 0.29) is 5.91 Å². The third-order valence-electron chi connectivity index (χ3n) is 2.82. The summed E-state index contributed by atoms with van der Waals surface area (Å²) in [5.41, 5.74) is 2.28. The van der Waals surface area contributed by atoms with Crippen molar-refractivity contribution in [3.63, 3.8) is 0 Å². The Balaban J connectivity index is 2.27. The second kappa shape index (κ2) is 6.61. The molecule has 2 nitrogen and oxygen atoms in total. The van der Waals surface area contributed by atoms with E-state index < -0.39 is 0 Å². The van der Waals surface area contributed by atoms with Crippen molar-refractivity contribution in [2.24, 2.45) is 0 Å². The predicted molar refractivity (Wildman–Crippen MR) is 87.9 cm³/mol. The molecule has 20 heavy (non-hydrogen) atoms. The van der Waals surface area contributed by atoms with E-state index in [9.17, 15) is 4.79 Å². The van der Waals surface area contributed by atoms with Gasteiger partial charge >= 0.3 is 0 Å². The monoisotopic (exact) mass is 371 g/mol. The van der Waals surface area contributed by atoms with Crippen LogP contribution in [0.5, 0.6) is 0 Å². The fourth-order valence-corrected chi connectivity index (χ4v) is 2.79. The second-order valence-electron chi connectivity index (χ2n) is 4.27.